The van der Waals surface area contributed by atoms with Crippen molar-refractivity contribution in [3.63, 3.8) is 0 Å². The molecule has 19 heavy (non-hydrogen) atoms. The van der Waals surface area contributed by atoms with Crippen LogP contribution in [0.1, 0.15) is 24.0 Å². The Balaban J connectivity index is 0.000000550. The Bertz CT molecular complexity index is 486. The topological polar surface area (TPSA) is 32.3 Å². The largest absolute Gasteiger partial charge is 0.395 e. The minimum atomic E-state index is 0.0832. The number of hydrogen-bond acceptors (Lipinski definition) is 2. The van der Waals surface area contributed by atoms with Gasteiger partial charge < -0.3 is 10.4 Å². The number of rotatable bonds is 3. The zero-order chi connectivity index (χ0) is 14.3. The zero-order valence-electron chi connectivity index (χ0n) is 12.0. The molecule has 0 bridgehead atoms. The van der Waals surface area contributed by atoms with Gasteiger partial charge in [0.1, 0.15) is 0 Å². The van der Waals surface area contributed by atoms with Gasteiger partial charge in [0.05, 0.1) is 6.61 Å². The van der Waals surface area contributed by atoms with Gasteiger partial charge in [-0.15, -0.1) is 0 Å². The van der Waals surface area contributed by atoms with Crippen LogP contribution >= 0.6 is 0 Å². The van der Waals surface area contributed by atoms with Crippen molar-refractivity contribution in [2.75, 3.05) is 20.7 Å². The van der Waals surface area contributed by atoms with Crippen LogP contribution in [0.3, 0.4) is 0 Å². The summed E-state index contributed by atoms with van der Waals surface area (Å²) in [6, 6.07) is 8.23. The maximum absolute atomic E-state index is 9.49. The van der Waals surface area contributed by atoms with Crippen LogP contribution in [0.25, 0.3) is 5.57 Å². The van der Waals surface area contributed by atoms with Crippen molar-refractivity contribution in [1.29, 1.82) is 0 Å². The van der Waals surface area contributed by atoms with E-state index in [0.29, 0.717) is 0 Å². The normalized spacial score (nSPS) is 17.2. The van der Waals surface area contributed by atoms with Crippen molar-refractivity contribution >= 4 is 5.57 Å². The van der Waals surface area contributed by atoms with Crippen LogP contribution in [0.15, 0.2) is 54.6 Å². The van der Waals surface area contributed by atoms with Gasteiger partial charge in [-0.3, -0.25) is 0 Å². The summed E-state index contributed by atoms with van der Waals surface area (Å²) >= 11 is 0. The highest BCUT2D eigenvalue weighted by molar-refractivity contribution is 5.86. The van der Waals surface area contributed by atoms with Gasteiger partial charge in [0, 0.05) is 5.92 Å². The molecule has 0 saturated carbocycles. The molecule has 0 heterocycles. The molecule has 0 radical (unpaired) electrons. The Hall–Kier alpha value is -1.64. The smallest absolute Gasteiger partial charge is 0.0540 e. The van der Waals surface area contributed by atoms with Gasteiger partial charge in [-0.2, -0.15) is 0 Å². The first-order valence-electron chi connectivity index (χ1n) is 6.53. The van der Waals surface area contributed by atoms with Gasteiger partial charge in [-0.25, -0.2) is 0 Å². The summed E-state index contributed by atoms with van der Waals surface area (Å²) < 4.78 is 0. The molecule has 1 aromatic carbocycles. The lowest BCUT2D eigenvalue weighted by Gasteiger charge is -2.10. The molecule has 0 aliphatic heterocycles. The van der Waals surface area contributed by atoms with Gasteiger partial charge in [-0.05, 0) is 43.3 Å². The molecule has 1 atom stereocenters. The Morgan fingerprint density at radius 1 is 1.32 bits per heavy atom. The summed E-state index contributed by atoms with van der Waals surface area (Å²) in [5, 5.41) is 12.2. The molecule has 0 aromatic heterocycles. The summed E-state index contributed by atoms with van der Waals surface area (Å²) in [6.45, 7) is 5.99. The number of benzene rings is 1. The van der Waals surface area contributed by atoms with Crippen LogP contribution in [-0.4, -0.2) is 25.8 Å². The number of hydrogen-bond donors (Lipinski definition) is 2. The molecule has 1 unspecified atom stereocenters. The molecule has 1 aromatic rings. The maximum Gasteiger partial charge on any atom is 0.0540 e. The summed E-state index contributed by atoms with van der Waals surface area (Å²) in [7, 11) is 3.75. The molecule has 0 amide bonds. The van der Waals surface area contributed by atoms with E-state index >= 15 is 0 Å². The third kappa shape index (κ3) is 3.22. The van der Waals surface area contributed by atoms with Crippen LogP contribution in [0.2, 0.25) is 0 Å². The minimum Gasteiger partial charge on any atom is -0.395 e. The molecule has 1 aliphatic carbocycles. The fraction of sp³-hybridized carbons (Fsp3) is 0.294. The Labute approximate surface area is 116 Å². The lowest BCUT2D eigenvalue weighted by Crippen LogP contribution is -2.02. The summed E-state index contributed by atoms with van der Waals surface area (Å²) in [5.74, 6) is 0.0832. The first-order valence-corrected chi connectivity index (χ1v) is 6.53. The van der Waals surface area contributed by atoms with Crippen LogP contribution in [0.5, 0.6) is 0 Å². The molecule has 2 nitrogen and oxygen atoms in total. The monoisotopic (exact) mass is 257 g/mol. The first kappa shape index (κ1) is 15.4. The van der Waals surface area contributed by atoms with Gasteiger partial charge in [-0.1, -0.05) is 49.1 Å². The van der Waals surface area contributed by atoms with Crippen molar-refractivity contribution in [3.8, 4) is 0 Å². The summed E-state index contributed by atoms with van der Waals surface area (Å²) in [4.78, 5) is 0. The van der Waals surface area contributed by atoms with Crippen molar-refractivity contribution in [1.82, 2.24) is 5.32 Å². The molecular weight excluding hydrogens is 234 g/mol. The van der Waals surface area contributed by atoms with E-state index in [1.54, 1.807) is 0 Å². The lowest BCUT2D eigenvalue weighted by molar-refractivity contribution is 0.282. The van der Waals surface area contributed by atoms with E-state index in [4.69, 9.17) is 0 Å². The van der Waals surface area contributed by atoms with E-state index in [1.165, 1.54) is 16.7 Å². The predicted octanol–water partition coefficient (Wildman–Crippen LogP) is 3.13. The fourth-order valence-electron chi connectivity index (χ4n) is 2.36. The second kappa shape index (κ2) is 7.72. The molecule has 0 saturated heterocycles. The highest BCUT2D eigenvalue weighted by Crippen LogP contribution is 2.42. The van der Waals surface area contributed by atoms with Crippen LogP contribution in [-0.2, 0) is 0 Å². The molecule has 0 fully saturated rings. The maximum atomic E-state index is 9.49. The first-order chi connectivity index (χ1) is 9.24. The quantitative estimate of drug-likeness (QED) is 0.872. The Morgan fingerprint density at radius 2 is 1.95 bits per heavy atom. The number of aliphatic hydroxyl groups excluding tert-OH is 1. The Kier molecular flexibility index (Phi) is 6.26. The SMILES string of the molecule is C=CC1=C(/C=C\C)c2ccccc2C1CO.CNC. The molecule has 2 N–H and O–H groups in total. The van der Waals surface area contributed by atoms with Crippen LogP contribution in [0, 0.1) is 0 Å². The molecule has 102 valence electrons. The lowest BCUT2D eigenvalue weighted by atomic mass is 9.97. The highest BCUT2D eigenvalue weighted by Gasteiger charge is 2.27. The zero-order valence-corrected chi connectivity index (χ0v) is 12.0. The molecule has 2 rings (SSSR count). The number of fused-ring (bicyclic) bond motifs is 1. The highest BCUT2D eigenvalue weighted by atomic mass is 16.3. The summed E-state index contributed by atoms with van der Waals surface area (Å²) in [6.07, 6.45) is 5.97. The average molecular weight is 257 g/mol. The van der Waals surface area contributed by atoms with Crippen LogP contribution in [0.4, 0.5) is 0 Å². The van der Waals surface area contributed by atoms with E-state index < -0.39 is 0 Å². The summed E-state index contributed by atoms with van der Waals surface area (Å²) in [5.41, 5.74) is 4.73. The van der Waals surface area contributed by atoms with Crippen LogP contribution < -0.4 is 5.32 Å². The molecule has 2 heteroatoms. The van der Waals surface area contributed by atoms with Gasteiger partial charge in [0.15, 0.2) is 0 Å². The minimum absolute atomic E-state index is 0.0832. The van der Waals surface area contributed by atoms with E-state index in [2.05, 4.69) is 30.1 Å². The van der Waals surface area contributed by atoms with E-state index in [9.17, 15) is 5.11 Å². The third-order valence-electron chi connectivity index (χ3n) is 3.05. The number of nitrogens with one attached hydrogen (secondary N) is 1. The van der Waals surface area contributed by atoms with Gasteiger partial charge >= 0.3 is 0 Å². The second-order valence-corrected chi connectivity index (χ2v) is 4.40. The second-order valence-electron chi connectivity index (χ2n) is 4.40. The van der Waals surface area contributed by atoms with Crippen molar-refractivity contribution in [2.24, 2.45) is 0 Å². The van der Waals surface area contributed by atoms with Crippen molar-refractivity contribution in [3.05, 3.63) is 65.8 Å². The van der Waals surface area contributed by atoms with E-state index in [0.717, 1.165) is 5.57 Å². The van der Waals surface area contributed by atoms with Gasteiger partial charge in [0.25, 0.3) is 0 Å². The predicted molar refractivity (Wildman–Crippen MR) is 83.2 cm³/mol. The van der Waals surface area contributed by atoms with Crippen molar-refractivity contribution in [2.45, 2.75) is 12.8 Å². The standard InChI is InChI=1S/C15H16O.C2H7N/c1-3-7-12-11(4-2)15(10-16)14-9-6-5-8-13(12)14;1-3-2/h3-9,15-16H,2,10H2,1H3;3H,1-2H3/b7-3-;. The molecular formula is C17H23NO. The Morgan fingerprint density at radius 3 is 2.47 bits per heavy atom. The van der Waals surface area contributed by atoms with Crippen molar-refractivity contribution < 1.29 is 5.11 Å². The van der Waals surface area contributed by atoms with E-state index in [1.807, 2.05) is 45.3 Å². The van der Waals surface area contributed by atoms with E-state index in [-0.39, 0.29) is 12.5 Å². The number of allylic oxidation sites excluding steroid dienone is 4. The van der Waals surface area contributed by atoms with Gasteiger partial charge in [0.2, 0.25) is 0 Å². The third-order valence-corrected chi connectivity index (χ3v) is 3.05. The molecule has 0 spiro atoms. The average Bonchev–Trinajstić information content (AvgIpc) is 2.73. The number of aliphatic hydroxyl groups is 1. The molecule has 1 aliphatic rings. The fourth-order valence-corrected chi connectivity index (χ4v) is 2.36.